The number of aryl methyl sites for hydroxylation is 1. The van der Waals surface area contributed by atoms with Gasteiger partial charge in [-0.25, -0.2) is 0 Å². The van der Waals surface area contributed by atoms with Gasteiger partial charge in [0.05, 0.1) is 11.4 Å². The van der Waals surface area contributed by atoms with E-state index in [2.05, 4.69) is 27.1 Å². The van der Waals surface area contributed by atoms with Crippen LogP contribution in [-0.2, 0) is 6.54 Å². The van der Waals surface area contributed by atoms with E-state index in [9.17, 15) is 0 Å². The van der Waals surface area contributed by atoms with Gasteiger partial charge in [0.15, 0.2) is 0 Å². The molecule has 1 aliphatic heterocycles. The summed E-state index contributed by atoms with van der Waals surface area (Å²) in [6, 6.07) is 0.646. The van der Waals surface area contributed by atoms with Crippen LogP contribution in [0.15, 0.2) is 12.4 Å². The lowest BCUT2D eigenvalue weighted by Gasteiger charge is -2.33. The maximum Gasteiger partial charge on any atom is 0.0727 e. The van der Waals surface area contributed by atoms with Crippen LogP contribution in [0.5, 0.6) is 0 Å². The molecule has 0 aliphatic carbocycles. The first-order valence-corrected chi connectivity index (χ1v) is 6.51. The summed E-state index contributed by atoms with van der Waals surface area (Å²) in [4.78, 5) is 11.2. The number of aromatic nitrogens is 2. The van der Waals surface area contributed by atoms with Gasteiger partial charge < -0.3 is 5.32 Å². The molecule has 1 aromatic heterocycles. The summed E-state index contributed by atoms with van der Waals surface area (Å²) in [6.45, 7) is 8.46. The molecule has 0 amide bonds. The number of hydrogen-bond acceptors (Lipinski definition) is 4. The highest BCUT2D eigenvalue weighted by Crippen LogP contribution is 2.08. The monoisotopic (exact) mass is 234 g/mol. The first-order chi connectivity index (χ1) is 8.28. The number of nitrogens with one attached hydrogen (secondary N) is 1. The molecule has 1 fully saturated rings. The molecule has 1 aromatic rings. The van der Waals surface area contributed by atoms with E-state index in [4.69, 9.17) is 0 Å². The molecular weight excluding hydrogens is 212 g/mol. The van der Waals surface area contributed by atoms with Crippen LogP contribution in [0, 0.1) is 6.92 Å². The quantitative estimate of drug-likeness (QED) is 0.854. The van der Waals surface area contributed by atoms with Gasteiger partial charge in [-0.05, 0) is 13.3 Å². The second-order valence-corrected chi connectivity index (χ2v) is 4.82. The average molecular weight is 234 g/mol. The fourth-order valence-electron chi connectivity index (χ4n) is 2.31. The molecule has 1 aliphatic rings. The third-order valence-electron chi connectivity index (χ3n) is 3.20. The summed E-state index contributed by atoms with van der Waals surface area (Å²) < 4.78 is 0. The Balaban J connectivity index is 1.87. The van der Waals surface area contributed by atoms with Gasteiger partial charge >= 0.3 is 0 Å². The lowest BCUT2D eigenvalue weighted by molar-refractivity contribution is 0.185. The van der Waals surface area contributed by atoms with Gasteiger partial charge in [-0.15, -0.1) is 0 Å². The first kappa shape index (κ1) is 12.5. The van der Waals surface area contributed by atoms with Gasteiger partial charge in [0, 0.05) is 44.6 Å². The molecule has 0 aromatic carbocycles. The highest BCUT2D eigenvalue weighted by atomic mass is 15.2. The Morgan fingerprint density at radius 3 is 3.00 bits per heavy atom. The highest BCUT2D eigenvalue weighted by molar-refractivity contribution is 5.01. The normalized spacial score (nSPS) is 21.6. The van der Waals surface area contributed by atoms with Crippen molar-refractivity contribution in [1.82, 2.24) is 20.2 Å². The van der Waals surface area contributed by atoms with Gasteiger partial charge in [0.1, 0.15) is 0 Å². The molecule has 4 nitrogen and oxygen atoms in total. The molecule has 2 heterocycles. The molecule has 4 heteroatoms. The minimum absolute atomic E-state index is 0.646. The zero-order valence-electron chi connectivity index (χ0n) is 10.8. The van der Waals surface area contributed by atoms with Gasteiger partial charge in [-0.3, -0.25) is 14.9 Å². The molecule has 1 N–H and O–H groups in total. The zero-order valence-corrected chi connectivity index (χ0v) is 10.8. The lowest BCUT2D eigenvalue weighted by atomic mass is 10.1. The average Bonchev–Trinajstić information content (AvgIpc) is 2.33. The predicted molar refractivity (Wildman–Crippen MR) is 68.7 cm³/mol. The lowest BCUT2D eigenvalue weighted by Crippen LogP contribution is -2.50. The van der Waals surface area contributed by atoms with Crippen LogP contribution in [-0.4, -0.2) is 40.5 Å². The van der Waals surface area contributed by atoms with Crippen LogP contribution < -0.4 is 5.32 Å². The molecule has 17 heavy (non-hydrogen) atoms. The van der Waals surface area contributed by atoms with Crippen LogP contribution in [0.25, 0.3) is 0 Å². The van der Waals surface area contributed by atoms with Crippen molar-refractivity contribution >= 4 is 0 Å². The van der Waals surface area contributed by atoms with Crippen LogP contribution in [0.4, 0.5) is 0 Å². The van der Waals surface area contributed by atoms with Crippen molar-refractivity contribution in [3.8, 4) is 0 Å². The summed E-state index contributed by atoms with van der Waals surface area (Å²) in [7, 11) is 0. The van der Waals surface area contributed by atoms with Crippen molar-refractivity contribution in [2.24, 2.45) is 0 Å². The SMILES string of the molecule is CCCC1CN(Cc2cnc(C)cn2)CCN1. The summed E-state index contributed by atoms with van der Waals surface area (Å²) in [5, 5.41) is 3.57. The molecule has 1 saturated heterocycles. The van der Waals surface area contributed by atoms with Crippen LogP contribution in [0.2, 0.25) is 0 Å². The Morgan fingerprint density at radius 1 is 1.41 bits per heavy atom. The molecule has 0 saturated carbocycles. The van der Waals surface area contributed by atoms with Gasteiger partial charge in [-0.1, -0.05) is 13.3 Å². The topological polar surface area (TPSA) is 41.1 Å². The summed E-state index contributed by atoms with van der Waals surface area (Å²) in [6.07, 6.45) is 6.25. The standard InChI is InChI=1S/C13H22N4/c1-3-4-12-9-17(6-5-14-12)10-13-8-15-11(2)7-16-13/h7-8,12,14H,3-6,9-10H2,1-2H3. The molecule has 94 valence electrons. The summed E-state index contributed by atoms with van der Waals surface area (Å²) in [5.41, 5.74) is 2.06. The van der Waals surface area contributed by atoms with Crippen molar-refractivity contribution in [3.05, 3.63) is 23.8 Å². The van der Waals surface area contributed by atoms with Gasteiger partial charge in [0.25, 0.3) is 0 Å². The van der Waals surface area contributed by atoms with Crippen molar-refractivity contribution in [2.75, 3.05) is 19.6 Å². The number of nitrogens with zero attached hydrogens (tertiary/aromatic N) is 3. The Bertz CT molecular complexity index is 334. The molecule has 0 radical (unpaired) electrons. The van der Waals surface area contributed by atoms with Crippen LogP contribution in [0.1, 0.15) is 31.2 Å². The minimum Gasteiger partial charge on any atom is -0.311 e. The van der Waals surface area contributed by atoms with E-state index >= 15 is 0 Å². The number of piperazine rings is 1. The van der Waals surface area contributed by atoms with E-state index in [1.807, 2.05) is 19.3 Å². The molecule has 2 rings (SSSR count). The Morgan fingerprint density at radius 2 is 2.29 bits per heavy atom. The molecule has 1 atom stereocenters. The molecule has 0 bridgehead atoms. The maximum atomic E-state index is 4.42. The maximum absolute atomic E-state index is 4.42. The fourth-order valence-corrected chi connectivity index (χ4v) is 2.31. The van der Waals surface area contributed by atoms with E-state index in [1.54, 1.807) is 0 Å². The van der Waals surface area contributed by atoms with Crippen LogP contribution in [0.3, 0.4) is 0 Å². The van der Waals surface area contributed by atoms with Crippen LogP contribution >= 0.6 is 0 Å². The second-order valence-electron chi connectivity index (χ2n) is 4.82. The van der Waals surface area contributed by atoms with E-state index in [-0.39, 0.29) is 0 Å². The van der Waals surface area contributed by atoms with Gasteiger partial charge in [-0.2, -0.15) is 0 Å². The third-order valence-corrected chi connectivity index (χ3v) is 3.20. The van der Waals surface area contributed by atoms with E-state index in [0.29, 0.717) is 6.04 Å². The summed E-state index contributed by atoms with van der Waals surface area (Å²) >= 11 is 0. The molecular formula is C13H22N4. The van der Waals surface area contributed by atoms with E-state index < -0.39 is 0 Å². The summed E-state index contributed by atoms with van der Waals surface area (Å²) in [5.74, 6) is 0. The number of rotatable bonds is 4. The highest BCUT2D eigenvalue weighted by Gasteiger charge is 2.18. The van der Waals surface area contributed by atoms with Crippen molar-refractivity contribution < 1.29 is 0 Å². The first-order valence-electron chi connectivity index (χ1n) is 6.51. The minimum atomic E-state index is 0.646. The predicted octanol–water partition coefficient (Wildman–Crippen LogP) is 1.36. The van der Waals surface area contributed by atoms with Crippen molar-refractivity contribution in [3.63, 3.8) is 0 Å². The Hall–Kier alpha value is -1.00. The number of hydrogen-bond donors (Lipinski definition) is 1. The largest absolute Gasteiger partial charge is 0.311 e. The van der Waals surface area contributed by atoms with Gasteiger partial charge in [0.2, 0.25) is 0 Å². The zero-order chi connectivity index (χ0) is 12.1. The van der Waals surface area contributed by atoms with E-state index in [1.165, 1.54) is 12.8 Å². The van der Waals surface area contributed by atoms with E-state index in [0.717, 1.165) is 37.6 Å². The fraction of sp³-hybridized carbons (Fsp3) is 0.692. The third kappa shape index (κ3) is 3.75. The smallest absolute Gasteiger partial charge is 0.0727 e. The molecule has 1 unspecified atom stereocenters. The van der Waals surface area contributed by atoms with Crippen molar-refractivity contribution in [1.29, 1.82) is 0 Å². The Kier molecular flexibility index (Phi) is 4.45. The van der Waals surface area contributed by atoms with Crippen molar-refractivity contribution in [2.45, 2.75) is 39.3 Å². The molecule has 0 spiro atoms. The Labute approximate surface area is 103 Å². The second kappa shape index (κ2) is 6.07.